The summed E-state index contributed by atoms with van der Waals surface area (Å²) in [5.41, 5.74) is 5.59. The Balaban J connectivity index is 2.74. The van der Waals surface area contributed by atoms with Crippen molar-refractivity contribution in [3.05, 3.63) is 0 Å². The molecule has 1 atom stereocenters. The molecule has 0 amide bonds. The van der Waals surface area contributed by atoms with Crippen molar-refractivity contribution < 1.29 is 17.9 Å². The summed E-state index contributed by atoms with van der Waals surface area (Å²) in [4.78, 5) is 13.3. The van der Waals surface area contributed by atoms with Crippen molar-refractivity contribution in [1.29, 1.82) is 0 Å². The van der Waals surface area contributed by atoms with E-state index in [1.165, 1.54) is 4.31 Å². The zero-order chi connectivity index (χ0) is 13.8. The van der Waals surface area contributed by atoms with Gasteiger partial charge >= 0.3 is 5.97 Å². The Hall–Kier alpha value is -0.700. The van der Waals surface area contributed by atoms with E-state index in [4.69, 9.17) is 5.73 Å². The summed E-state index contributed by atoms with van der Waals surface area (Å²) in [5, 5.41) is 0. The zero-order valence-corrected chi connectivity index (χ0v) is 11.6. The summed E-state index contributed by atoms with van der Waals surface area (Å²) in [6.07, 6.45) is 0. The Morgan fingerprint density at radius 3 is 2.67 bits per heavy atom. The molecule has 0 aliphatic carbocycles. The van der Waals surface area contributed by atoms with Gasteiger partial charge in [0.2, 0.25) is 10.0 Å². The second kappa shape index (κ2) is 6.46. The van der Waals surface area contributed by atoms with Gasteiger partial charge in [-0.15, -0.1) is 0 Å². The lowest BCUT2D eigenvalue weighted by molar-refractivity contribution is -0.140. The van der Waals surface area contributed by atoms with Crippen molar-refractivity contribution in [2.24, 2.45) is 5.73 Å². The number of nitrogens with two attached hydrogens (primary N) is 1. The van der Waals surface area contributed by atoms with Gasteiger partial charge < -0.3 is 15.4 Å². The van der Waals surface area contributed by atoms with Gasteiger partial charge in [-0.25, -0.2) is 8.42 Å². The first-order chi connectivity index (χ1) is 8.40. The number of hydrogen-bond acceptors (Lipinski definition) is 6. The van der Waals surface area contributed by atoms with E-state index in [1.807, 2.05) is 11.9 Å². The molecule has 1 fully saturated rings. The highest BCUT2D eigenvalue weighted by molar-refractivity contribution is 7.89. The van der Waals surface area contributed by atoms with Gasteiger partial charge in [-0.1, -0.05) is 0 Å². The zero-order valence-electron chi connectivity index (χ0n) is 10.8. The van der Waals surface area contributed by atoms with Crippen LogP contribution in [-0.4, -0.2) is 75.2 Å². The van der Waals surface area contributed by atoms with Crippen LogP contribution in [0.3, 0.4) is 0 Å². The third-order valence-electron chi connectivity index (χ3n) is 2.87. The number of piperazine rings is 1. The molecule has 1 rings (SSSR count). The molecule has 18 heavy (non-hydrogen) atoms. The molecule has 1 saturated heterocycles. The minimum atomic E-state index is -3.64. The van der Waals surface area contributed by atoms with Crippen LogP contribution < -0.4 is 5.73 Å². The van der Waals surface area contributed by atoms with Crippen LogP contribution in [0.15, 0.2) is 0 Å². The first-order valence-electron chi connectivity index (χ1n) is 5.94. The Labute approximate surface area is 108 Å². The van der Waals surface area contributed by atoms with Crippen molar-refractivity contribution in [2.75, 3.05) is 45.6 Å². The van der Waals surface area contributed by atoms with Crippen LogP contribution in [0.1, 0.15) is 6.92 Å². The molecule has 1 aliphatic rings. The lowest BCUT2D eigenvalue weighted by Crippen LogP contribution is -2.57. The molecule has 0 radical (unpaired) electrons. The lowest BCUT2D eigenvalue weighted by atomic mass is 10.2. The van der Waals surface area contributed by atoms with Gasteiger partial charge in [-0.2, -0.15) is 4.31 Å². The highest BCUT2D eigenvalue weighted by Gasteiger charge is 2.34. The molecular weight excluding hydrogens is 258 g/mol. The van der Waals surface area contributed by atoms with Crippen LogP contribution >= 0.6 is 0 Å². The first kappa shape index (κ1) is 15.4. The quantitative estimate of drug-likeness (QED) is 0.613. The van der Waals surface area contributed by atoms with Crippen LogP contribution in [-0.2, 0) is 19.6 Å². The summed E-state index contributed by atoms with van der Waals surface area (Å²) in [6, 6.07) is -0.275. The number of esters is 1. The van der Waals surface area contributed by atoms with Crippen molar-refractivity contribution in [1.82, 2.24) is 9.21 Å². The van der Waals surface area contributed by atoms with E-state index in [2.05, 4.69) is 4.74 Å². The Bertz CT molecular complexity index is 385. The van der Waals surface area contributed by atoms with Crippen molar-refractivity contribution >= 4 is 16.0 Å². The molecular formula is C10H21N3O4S. The molecule has 1 aliphatic heterocycles. The second-order valence-corrected chi connectivity index (χ2v) is 6.25. The van der Waals surface area contributed by atoms with E-state index >= 15 is 0 Å². The number of sulfonamides is 1. The maximum atomic E-state index is 12.1. The fraction of sp³-hybridized carbons (Fsp3) is 0.900. The summed E-state index contributed by atoms with van der Waals surface area (Å²) in [5.74, 6) is -1.33. The van der Waals surface area contributed by atoms with Crippen molar-refractivity contribution in [2.45, 2.75) is 13.0 Å². The van der Waals surface area contributed by atoms with Gasteiger partial charge in [-0.3, -0.25) is 4.79 Å². The molecule has 2 N–H and O–H groups in total. The van der Waals surface area contributed by atoms with E-state index in [-0.39, 0.29) is 19.2 Å². The van der Waals surface area contributed by atoms with Crippen LogP contribution in [0, 0.1) is 0 Å². The third-order valence-corrected chi connectivity index (χ3v) is 4.66. The number of rotatable bonds is 5. The number of carbonyl (C=O) groups excluding carboxylic acids is 1. The van der Waals surface area contributed by atoms with Crippen LogP contribution in [0.25, 0.3) is 0 Å². The highest BCUT2D eigenvalue weighted by atomic mass is 32.2. The van der Waals surface area contributed by atoms with Crippen molar-refractivity contribution in [3.63, 3.8) is 0 Å². The largest absolute Gasteiger partial charge is 0.465 e. The topological polar surface area (TPSA) is 92.9 Å². The molecule has 0 bridgehead atoms. The Kier molecular flexibility index (Phi) is 5.51. The number of ether oxygens (including phenoxy) is 1. The van der Waals surface area contributed by atoms with Gasteiger partial charge in [0.15, 0.2) is 5.75 Å². The van der Waals surface area contributed by atoms with Gasteiger partial charge in [0.05, 0.1) is 6.61 Å². The molecule has 106 valence electrons. The predicted octanol–water partition coefficient (Wildman–Crippen LogP) is -1.55. The SMILES string of the molecule is CCOC(=O)CS(=O)(=O)N1CCN(C)CC1CN. The van der Waals surface area contributed by atoms with Crippen LogP contribution in [0.4, 0.5) is 0 Å². The summed E-state index contributed by atoms with van der Waals surface area (Å²) < 4.78 is 30.2. The number of likely N-dealkylation sites (N-methyl/N-ethyl adjacent to an activating group) is 1. The number of nitrogens with zero attached hydrogens (tertiary/aromatic N) is 2. The minimum absolute atomic E-state index is 0.178. The summed E-state index contributed by atoms with van der Waals surface area (Å²) >= 11 is 0. The molecule has 8 heteroatoms. The Morgan fingerprint density at radius 1 is 1.44 bits per heavy atom. The van der Waals surface area contributed by atoms with Crippen LogP contribution in [0.5, 0.6) is 0 Å². The minimum Gasteiger partial charge on any atom is -0.465 e. The number of hydrogen-bond donors (Lipinski definition) is 1. The van der Waals surface area contributed by atoms with E-state index in [9.17, 15) is 13.2 Å². The van der Waals surface area contributed by atoms with E-state index < -0.39 is 21.7 Å². The average molecular weight is 279 g/mol. The maximum absolute atomic E-state index is 12.1. The first-order valence-corrected chi connectivity index (χ1v) is 7.55. The van der Waals surface area contributed by atoms with Crippen molar-refractivity contribution in [3.8, 4) is 0 Å². The fourth-order valence-corrected chi connectivity index (χ4v) is 3.50. The Morgan fingerprint density at radius 2 is 2.11 bits per heavy atom. The molecule has 1 unspecified atom stereocenters. The van der Waals surface area contributed by atoms with E-state index in [1.54, 1.807) is 6.92 Å². The average Bonchev–Trinajstić information content (AvgIpc) is 2.27. The molecule has 0 aromatic rings. The normalized spacial score (nSPS) is 22.9. The molecule has 0 aromatic carbocycles. The molecule has 0 aromatic heterocycles. The summed E-state index contributed by atoms with van der Waals surface area (Å²) in [6.45, 7) is 3.64. The molecule has 0 saturated carbocycles. The summed E-state index contributed by atoms with van der Waals surface area (Å²) in [7, 11) is -1.72. The molecule has 0 spiro atoms. The molecule has 7 nitrogen and oxygen atoms in total. The van der Waals surface area contributed by atoms with Gasteiger partial charge in [0, 0.05) is 32.2 Å². The lowest BCUT2D eigenvalue weighted by Gasteiger charge is -2.38. The van der Waals surface area contributed by atoms with Gasteiger partial charge in [-0.05, 0) is 14.0 Å². The second-order valence-electron chi connectivity index (χ2n) is 4.32. The third kappa shape index (κ3) is 3.91. The maximum Gasteiger partial charge on any atom is 0.322 e. The monoisotopic (exact) mass is 279 g/mol. The van der Waals surface area contributed by atoms with E-state index in [0.29, 0.717) is 19.6 Å². The predicted molar refractivity (Wildman–Crippen MR) is 67.5 cm³/mol. The van der Waals surface area contributed by atoms with Gasteiger partial charge in [0.25, 0.3) is 0 Å². The molecule has 1 heterocycles. The highest BCUT2D eigenvalue weighted by Crippen LogP contribution is 2.13. The fourth-order valence-electron chi connectivity index (χ4n) is 1.99. The smallest absolute Gasteiger partial charge is 0.322 e. The van der Waals surface area contributed by atoms with E-state index in [0.717, 1.165) is 0 Å². The standard InChI is InChI=1S/C10H21N3O4S/c1-3-17-10(14)8-18(15,16)13-5-4-12(2)7-9(13)6-11/h9H,3-8,11H2,1-2H3. The van der Waals surface area contributed by atoms with Gasteiger partial charge in [0.1, 0.15) is 0 Å². The number of carbonyl (C=O) groups is 1. The van der Waals surface area contributed by atoms with Crippen LogP contribution in [0.2, 0.25) is 0 Å².